The highest BCUT2D eigenvalue weighted by Gasteiger charge is 2.24. The number of benzene rings is 2. The van der Waals surface area contributed by atoms with Crippen molar-refractivity contribution in [2.24, 2.45) is 0 Å². The standard InChI is InChI=1S/C24H21N3O2/c1-26(2)19-13-11-18(12-14-19)25-24(29)23(28)22-21(17-8-4-3-5-9-17)16-20-10-6-7-15-27(20)22/h3-16H,1-2H3,(H,25,29). The quantitative estimate of drug-likeness (QED) is 0.408. The molecule has 1 N–H and O–H groups in total. The maximum Gasteiger partial charge on any atom is 0.298 e. The summed E-state index contributed by atoms with van der Waals surface area (Å²) in [5.74, 6) is -1.24. The van der Waals surface area contributed by atoms with Crippen LogP contribution in [-0.2, 0) is 4.79 Å². The first kappa shape index (κ1) is 18.5. The molecule has 0 saturated heterocycles. The highest BCUT2D eigenvalue weighted by atomic mass is 16.2. The number of carbonyl (C=O) groups excluding carboxylic acids is 2. The molecule has 0 saturated carbocycles. The maximum atomic E-state index is 13.2. The molecule has 0 spiro atoms. The van der Waals surface area contributed by atoms with Gasteiger partial charge in [-0.05, 0) is 48.0 Å². The molecular formula is C24H21N3O2. The van der Waals surface area contributed by atoms with Gasteiger partial charge < -0.3 is 14.6 Å². The Morgan fingerprint density at radius 3 is 2.24 bits per heavy atom. The van der Waals surface area contributed by atoms with E-state index in [1.165, 1.54) is 0 Å². The number of aromatic nitrogens is 1. The van der Waals surface area contributed by atoms with Crippen LogP contribution in [0.4, 0.5) is 11.4 Å². The zero-order valence-corrected chi connectivity index (χ0v) is 16.3. The van der Waals surface area contributed by atoms with Gasteiger partial charge in [0.1, 0.15) is 5.69 Å². The molecular weight excluding hydrogens is 362 g/mol. The van der Waals surface area contributed by atoms with Gasteiger partial charge in [0.2, 0.25) is 0 Å². The number of carbonyl (C=O) groups is 2. The van der Waals surface area contributed by atoms with Crippen LogP contribution in [0.1, 0.15) is 10.5 Å². The lowest BCUT2D eigenvalue weighted by Crippen LogP contribution is -2.24. The largest absolute Gasteiger partial charge is 0.378 e. The number of ketones is 1. The zero-order valence-electron chi connectivity index (χ0n) is 16.3. The van der Waals surface area contributed by atoms with Gasteiger partial charge in [-0.3, -0.25) is 9.59 Å². The summed E-state index contributed by atoms with van der Waals surface area (Å²) in [5, 5.41) is 2.72. The Labute approximate surface area is 169 Å². The zero-order chi connectivity index (χ0) is 20.4. The minimum Gasteiger partial charge on any atom is -0.378 e. The Morgan fingerprint density at radius 1 is 0.862 bits per heavy atom. The molecule has 4 rings (SSSR count). The number of pyridine rings is 1. The lowest BCUT2D eigenvalue weighted by molar-refractivity contribution is -0.112. The molecule has 0 bridgehead atoms. The fourth-order valence-corrected chi connectivity index (χ4v) is 3.33. The monoisotopic (exact) mass is 383 g/mol. The van der Waals surface area contributed by atoms with E-state index >= 15 is 0 Å². The van der Waals surface area contributed by atoms with Crippen LogP contribution >= 0.6 is 0 Å². The van der Waals surface area contributed by atoms with Crippen molar-refractivity contribution in [2.75, 3.05) is 24.3 Å². The van der Waals surface area contributed by atoms with E-state index in [2.05, 4.69) is 5.32 Å². The predicted octanol–water partition coefficient (Wildman–Crippen LogP) is 4.49. The predicted molar refractivity (Wildman–Crippen MR) is 117 cm³/mol. The average Bonchev–Trinajstić information content (AvgIpc) is 3.13. The van der Waals surface area contributed by atoms with Crippen molar-refractivity contribution in [3.8, 4) is 11.1 Å². The van der Waals surface area contributed by atoms with Crippen molar-refractivity contribution in [3.63, 3.8) is 0 Å². The van der Waals surface area contributed by atoms with Gasteiger partial charge in [0.25, 0.3) is 11.7 Å². The Morgan fingerprint density at radius 2 is 1.55 bits per heavy atom. The fraction of sp³-hybridized carbons (Fsp3) is 0.0833. The molecule has 0 aliphatic heterocycles. The van der Waals surface area contributed by atoms with Crippen molar-refractivity contribution in [1.82, 2.24) is 4.40 Å². The third-order valence-electron chi connectivity index (χ3n) is 4.83. The second-order valence-electron chi connectivity index (χ2n) is 6.99. The molecule has 0 unspecified atom stereocenters. The van der Waals surface area contributed by atoms with Gasteiger partial charge in [-0.25, -0.2) is 0 Å². The van der Waals surface area contributed by atoms with Crippen molar-refractivity contribution < 1.29 is 9.59 Å². The van der Waals surface area contributed by atoms with E-state index in [9.17, 15) is 9.59 Å². The van der Waals surface area contributed by atoms with E-state index in [1.54, 1.807) is 22.7 Å². The van der Waals surface area contributed by atoms with Crippen molar-refractivity contribution in [2.45, 2.75) is 0 Å². The van der Waals surface area contributed by atoms with E-state index in [1.807, 2.05) is 85.7 Å². The number of amides is 1. The molecule has 0 radical (unpaired) electrons. The number of Topliss-reactive ketones (excluding diaryl/α,β-unsaturated/α-hetero) is 1. The van der Waals surface area contributed by atoms with E-state index in [4.69, 9.17) is 0 Å². The van der Waals surface area contributed by atoms with E-state index in [-0.39, 0.29) is 0 Å². The van der Waals surface area contributed by atoms with Gasteiger partial charge in [-0.1, -0.05) is 36.4 Å². The lowest BCUT2D eigenvalue weighted by Gasteiger charge is -2.13. The van der Waals surface area contributed by atoms with Gasteiger partial charge in [-0.15, -0.1) is 0 Å². The second-order valence-corrected chi connectivity index (χ2v) is 6.99. The summed E-state index contributed by atoms with van der Waals surface area (Å²) in [4.78, 5) is 27.9. The first-order valence-electron chi connectivity index (χ1n) is 9.33. The van der Waals surface area contributed by atoms with Gasteiger partial charge in [0.15, 0.2) is 0 Å². The number of rotatable bonds is 5. The van der Waals surface area contributed by atoms with Crippen LogP contribution < -0.4 is 10.2 Å². The molecule has 0 aliphatic carbocycles. The normalized spacial score (nSPS) is 10.7. The molecule has 2 heterocycles. The number of fused-ring (bicyclic) bond motifs is 1. The Balaban J connectivity index is 1.70. The third kappa shape index (κ3) is 3.62. The SMILES string of the molecule is CN(C)c1ccc(NC(=O)C(=O)c2c(-c3ccccc3)cc3ccccn23)cc1. The number of hydrogen-bond acceptors (Lipinski definition) is 3. The van der Waals surface area contributed by atoms with Crippen LogP contribution in [0.15, 0.2) is 85.1 Å². The summed E-state index contributed by atoms with van der Waals surface area (Å²) >= 11 is 0. The summed E-state index contributed by atoms with van der Waals surface area (Å²) in [7, 11) is 3.89. The fourth-order valence-electron chi connectivity index (χ4n) is 3.33. The topological polar surface area (TPSA) is 53.8 Å². The van der Waals surface area contributed by atoms with Crippen molar-refractivity contribution >= 4 is 28.6 Å². The van der Waals surface area contributed by atoms with Crippen LogP contribution in [0.5, 0.6) is 0 Å². The molecule has 5 nitrogen and oxygen atoms in total. The van der Waals surface area contributed by atoms with Gasteiger partial charge in [0.05, 0.1) is 0 Å². The van der Waals surface area contributed by atoms with Crippen molar-refractivity contribution in [1.29, 1.82) is 0 Å². The molecule has 2 aromatic carbocycles. The molecule has 0 atom stereocenters. The molecule has 0 fully saturated rings. The molecule has 144 valence electrons. The van der Waals surface area contributed by atoms with Gasteiger partial charge in [-0.2, -0.15) is 0 Å². The molecule has 29 heavy (non-hydrogen) atoms. The van der Waals surface area contributed by atoms with Crippen LogP contribution in [0.2, 0.25) is 0 Å². The number of hydrogen-bond donors (Lipinski definition) is 1. The third-order valence-corrected chi connectivity index (χ3v) is 4.83. The molecule has 5 heteroatoms. The summed E-state index contributed by atoms with van der Waals surface area (Å²) in [6.45, 7) is 0. The number of nitrogens with zero attached hydrogens (tertiary/aromatic N) is 2. The average molecular weight is 383 g/mol. The number of anilines is 2. The summed E-state index contributed by atoms with van der Waals surface area (Å²) in [5.41, 5.74) is 4.43. The minimum atomic E-state index is -0.663. The van der Waals surface area contributed by atoms with E-state index in [0.29, 0.717) is 11.4 Å². The lowest BCUT2D eigenvalue weighted by atomic mass is 10.0. The van der Waals surface area contributed by atoms with Crippen LogP contribution in [0.3, 0.4) is 0 Å². The summed E-state index contributed by atoms with van der Waals surface area (Å²) in [6, 6.07) is 24.6. The van der Waals surface area contributed by atoms with Crippen LogP contribution in [-0.4, -0.2) is 30.2 Å². The van der Waals surface area contributed by atoms with E-state index in [0.717, 1.165) is 22.3 Å². The molecule has 2 aromatic heterocycles. The molecule has 0 aliphatic rings. The summed E-state index contributed by atoms with van der Waals surface area (Å²) in [6.07, 6.45) is 1.80. The number of nitrogens with one attached hydrogen (secondary N) is 1. The Kier molecular flexibility index (Phi) is 4.87. The Bertz CT molecular complexity index is 1180. The minimum absolute atomic E-state index is 0.356. The van der Waals surface area contributed by atoms with Crippen molar-refractivity contribution in [3.05, 3.63) is 90.8 Å². The van der Waals surface area contributed by atoms with Gasteiger partial charge in [0, 0.05) is 42.7 Å². The van der Waals surface area contributed by atoms with Gasteiger partial charge >= 0.3 is 0 Å². The first-order valence-corrected chi connectivity index (χ1v) is 9.33. The van der Waals surface area contributed by atoms with E-state index < -0.39 is 11.7 Å². The maximum absolute atomic E-state index is 13.2. The molecule has 1 amide bonds. The second kappa shape index (κ2) is 7.64. The van der Waals surface area contributed by atoms with Crippen LogP contribution in [0, 0.1) is 0 Å². The highest BCUT2D eigenvalue weighted by molar-refractivity contribution is 6.47. The van der Waals surface area contributed by atoms with Crippen LogP contribution in [0.25, 0.3) is 16.6 Å². The first-order chi connectivity index (χ1) is 14.0. The Hall–Kier alpha value is -3.86. The summed E-state index contributed by atoms with van der Waals surface area (Å²) < 4.78 is 1.76. The smallest absolute Gasteiger partial charge is 0.298 e. The highest BCUT2D eigenvalue weighted by Crippen LogP contribution is 2.28. The molecule has 4 aromatic rings.